The maximum absolute atomic E-state index is 11.5. The fraction of sp³-hybridized carbons (Fsp3) is 0.933. The Morgan fingerprint density at radius 1 is 1.17 bits per heavy atom. The van der Waals surface area contributed by atoms with E-state index in [4.69, 9.17) is 0 Å². The molecule has 0 aromatic heterocycles. The summed E-state index contributed by atoms with van der Waals surface area (Å²) in [7, 11) is 0. The van der Waals surface area contributed by atoms with Crippen LogP contribution >= 0.6 is 0 Å². The Morgan fingerprint density at radius 2 is 1.94 bits per heavy atom. The first-order valence-electron chi connectivity index (χ1n) is 7.68. The molecule has 0 aromatic rings. The van der Waals surface area contributed by atoms with E-state index >= 15 is 0 Å². The lowest BCUT2D eigenvalue weighted by Gasteiger charge is -2.33. The van der Waals surface area contributed by atoms with E-state index in [1.165, 1.54) is 32.1 Å². The smallest absolute Gasteiger partial charge is 0.220 e. The molecule has 0 heterocycles. The van der Waals surface area contributed by atoms with Gasteiger partial charge in [-0.1, -0.05) is 13.8 Å². The number of carbonyl (C=O) groups excluding carboxylic acids is 1. The summed E-state index contributed by atoms with van der Waals surface area (Å²) in [5, 5.41) is 6.68. The number of nitrogens with one attached hydrogen (secondary N) is 2. The van der Waals surface area contributed by atoms with Crippen LogP contribution in [0.1, 0.15) is 58.8 Å². The number of amides is 1. The van der Waals surface area contributed by atoms with E-state index in [1.54, 1.807) is 0 Å². The van der Waals surface area contributed by atoms with Gasteiger partial charge in [-0.3, -0.25) is 4.79 Å². The Bertz CT molecular complexity index is 276. The summed E-state index contributed by atoms with van der Waals surface area (Å²) in [6.45, 7) is 5.70. The van der Waals surface area contributed by atoms with E-state index in [-0.39, 0.29) is 5.91 Å². The van der Waals surface area contributed by atoms with Gasteiger partial charge in [0.1, 0.15) is 0 Å². The zero-order chi connectivity index (χ0) is 13.0. The summed E-state index contributed by atoms with van der Waals surface area (Å²) >= 11 is 0. The first kappa shape index (κ1) is 13.9. The van der Waals surface area contributed by atoms with Crippen molar-refractivity contribution in [3.63, 3.8) is 0 Å². The van der Waals surface area contributed by atoms with E-state index < -0.39 is 0 Å². The first-order valence-corrected chi connectivity index (χ1v) is 7.68. The van der Waals surface area contributed by atoms with Gasteiger partial charge in [0.2, 0.25) is 5.91 Å². The molecule has 0 radical (unpaired) electrons. The Hall–Kier alpha value is -0.570. The lowest BCUT2D eigenvalue weighted by Crippen LogP contribution is -2.39. The van der Waals surface area contributed by atoms with E-state index in [1.807, 2.05) is 0 Å². The second kappa shape index (κ2) is 6.55. The minimum absolute atomic E-state index is 0.240. The van der Waals surface area contributed by atoms with Crippen LogP contribution in [0.15, 0.2) is 0 Å². The third-order valence-corrected chi connectivity index (χ3v) is 4.36. The summed E-state index contributed by atoms with van der Waals surface area (Å²) in [6, 6.07) is 1.18. The van der Waals surface area contributed by atoms with Gasteiger partial charge in [0, 0.05) is 18.5 Å². The molecule has 0 saturated heterocycles. The van der Waals surface area contributed by atoms with Crippen LogP contribution in [-0.4, -0.2) is 24.5 Å². The average molecular weight is 252 g/mol. The van der Waals surface area contributed by atoms with Gasteiger partial charge >= 0.3 is 0 Å². The minimum Gasteiger partial charge on any atom is -0.353 e. The van der Waals surface area contributed by atoms with Gasteiger partial charge in [0.15, 0.2) is 0 Å². The monoisotopic (exact) mass is 252 g/mol. The fourth-order valence-corrected chi connectivity index (χ4v) is 3.03. The molecule has 2 aliphatic rings. The molecule has 2 N–H and O–H groups in total. The van der Waals surface area contributed by atoms with Crippen LogP contribution in [0, 0.1) is 11.8 Å². The normalized spacial score (nSPS) is 32.2. The van der Waals surface area contributed by atoms with Gasteiger partial charge in [0.25, 0.3) is 0 Å². The Balaban J connectivity index is 1.53. The Kier molecular flexibility index (Phi) is 5.04. The second-order valence-corrected chi connectivity index (χ2v) is 6.40. The average Bonchev–Trinajstić information content (AvgIpc) is 3.10. The Morgan fingerprint density at radius 3 is 2.61 bits per heavy atom. The highest BCUT2D eigenvalue weighted by Crippen LogP contribution is 2.28. The van der Waals surface area contributed by atoms with Crippen molar-refractivity contribution in [1.82, 2.24) is 10.6 Å². The van der Waals surface area contributed by atoms with Crippen LogP contribution in [0.4, 0.5) is 0 Å². The summed E-state index contributed by atoms with van der Waals surface area (Å²) < 4.78 is 0. The van der Waals surface area contributed by atoms with Gasteiger partial charge in [-0.05, 0) is 56.9 Å². The highest BCUT2D eigenvalue weighted by atomic mass is 16.1. The van der Waals surface area contributed by atoms with Gasteiger partial charge < -0.3 is 10.6 Å². The lowest BCUT2D eigenvalue weighted by molar-refractivity contribution is -0.121. The second-order valence-electron chi connectivity index (χ2n) is 6.40. The maximum atomic E-state index is 11.5. The molecule has 1 amide bonds. The SMILES string of the molecule is CC1CCC(NCCCC(=O)NC2CC2)C(C)C1. The van der Waals surface area contributed by atoms with E-state index in [2.05, 4.69) is 24.5 Å². The standard InChI is InChI=1S/C15H28N2O/c1-11-5-8-14(12(2)10-11)16-9-3-4-15(18)17-13-6-7-13/h11-14,16H,3-10H2,1-2H3,(H,17,18). The third-order valence-electron chi connectivity index (χ3n) is 4.36. The number of rotatable bonds is 6. The van der Waals surface area contributed by atoms with E-state index in [0.717, 1.165) is 24.8 Å². The summed E-state index contributed by atoms with van der Waals surface area (Å²) in [4.78, 5) is 11.5. The Labute approximate surface area is 111 Å². The molecule has 3 unspecified atom stereocenters. The van der Waals surface area contributed by atoms with Crippen LogP contribution in [0.2, 0.25) is 0 Å². The third kappa shape index (κ3) is 4.60. The number of hydrogen-bond acceptors (Lipinski definition) is 2. The van der Waals surface area contributed by atoms with E-state index in [9.17, 15) is 4.79 Å². The predicted molar refractivity (Wildman–Crippen MR) is 74.4 cm³/mol. The zero-order valence-corrected chi connectivity index (χ0v) is 11.9. The molecule has 104 valence electrons. The lowest BCUT2D eigenvalue weighted by atomic mass is 9.80. The van der Waals surface area contributed by atoms with Gasteiger partial charge in [-0.15, -0.1) is 0 Å². The summed E-state index contributed by atoms with van der Waals surface area (Å²) in [6.07, 6.45) is 8.02. The van der Waals surface area contributed by atoms with Crippen molar-refractivity contribution >= 4 is 5.91 Å². The van der Waals surface area contributed by atoms with Gasteiger partial charge in [0.05, 0.1) is 0 Å². The van der Waals surface area contributed by atoms with Crippen molar-refractivity contribution in [3.8, 4) is 0 Å². The largest absolute Gasteiger partial charge is 0.353 e. The van der Waals surface area contributed by atoms with Crippen LogP contribution in [0.25, 0.3) is 0 Å². The zero-order valence-electron chi connectivity index (χ0n) is 11.9. The molecule has 3 heteroatoms. The quantitative estimate of drug-likeness (QED) is 0.713. The molecule has 2 saturated carbocycles. The van der Waals surface area contributed by atoms with Crippen LogP contribution in [-0.2, 0) is 4.79 Å². The van der Waals surface area contributed by atoms with Crippen molar-refractivity contribution in [1.29, 1.82) is 0 Å². The molecule has 3 nitrogen and oxygen atoms in total. The molecular weight excluding hydrogens is 224 g/mol. The van der Waals surface area contributed by atoms with Crippen LogP contribution in [0.3, 0.4) is 0 Å². The van der Waals surface area contributed by atoms with E-state index in [0.29, 0.717) is 18.5 Å². The molecule has 2 rings (SSSR count). The van der Waals surface area contributed by atoms with Crippen molar-refractivity contribution in [3.05, 3.63) is 0 Å². The maximum Gasteiger partial charge on any atom is 0.220 e. The molecule has 18 heavy (non-hydrogen) atoms. The van der Waals surface area contributed by atoms with Gasteiger partial charge in [-0.2, -0.15) is 0 Å². The molecule has 2 fully saturated rings. The highest BCUT2D eigenvalue weighted by Gasteiger charge is 2.25. The molecule has 0 spiro atoms. The molecule has 2 aliphatic carbocycles. The molecule has 3 atom stereocenters. The molecular formula is C15H28N2O. The molecule has 0 aliphatic heterocycles. The van der Waals surface area contributed by atoms with Crippen molar-refractivity contribution in [2.24, 2.45) is 11.8 Å². The number of carbonyl (C=O) groups is 1. The topological polar surface area (TPSA) is 41.1 Å². The van der Waals surface area contributed by atoms with Crippen molar-refractivity contribution < 1.29 is 4.79 Å². The van der Waals surface area contributed by atoms with Crippen LogP contribution < -0.4 is 10.6 Å². The van der Waals surface area contributed by atoms with Crippen LogP contribution in [0.5, 0.6) is 0 Å². The summed E-state index contributed by atoms with van der Waals surface area (Å²) in [5.41, 5.74) is 0. The number of hydrogen-bond donors (Lipinski definition) is 2. The minimum atomic E-state index is 0.240. The van der Waals surface area contributed by atoms with Crippen molar-refractivity contribution in [2.45, 2.75) is 70.9 Å². The molecule has 0 aromatic carbocycles. The first-order chi connectivity index (χ1) is 8.65. The fourth-order valence-electron chi connectivity index (χ4n) is 3.03. The van der Waals surface area contributed by atoms with Gasteiger partial charge in [-0.25, -0.2) is 0 Å². The van der Waals surface area contributed by atoms with Crippen molar-refractivity contribution in [2.75, 3.05) is 6.54 Å². The summed E-state index contributed by atoms with van der Waals surface area (Å²) in [5.74, 6) is 1.92. The molecule has 0 bridgehead atoms. The predicted octanol–water partition coefficient (Wildman–Crippen LogP) is 2.46. The highest BCUT2D eigenvalue weighted by molar-refractivity contribution is 5.76.